The number of nitrogens with one attached hydrogen (secondary N) is 1. The third-order valence-corrected chi connectivity index (χ3v) is 6.21. The molecule has 0 radical (unpaired) electrons. The largest absolute Gasteiger partial charge is 0.455 e. The highest BCUT2D eigenvalue weighted by Crippen LogP contribution is 2.38. The normalized spacial score (nSPS) is 18.9. The Morgan fingerprint density at radius 3 is 2.08 bits per heavy atom. The first-order valence-corrected chi connectivity index (χ1v) is 11.2. The molecule has 8 nitrogen and oxygen atoms in total. The number of benzene rings is 1. The molecule has 3 N–H and O–H groups in total. The molecule has 0 aliphatic carbocycles. The van der Waals surface area contributed by atoms with E-state index in [1.54, 1.807) is 0 Å². The summed E-state index contributed by atoms with van der Waals surface area (Å²) in [6.45, 7) is -0.422. The molecule has 0 saturated carbocycles. The molecule has 17 heteroatoms. The zero-order valence-electron chi connectivity index (χ0n) is 19.9. The van der Waals surface area contributed by atoms with Gasteiger partial charge in [0.1, 0.15) is 17.1 Å². The zero-order valence-corrected chi connectivity index (χ0v) is 19.9. The Morgan fingerprint density at radius 1 is 1.00 bits per heavy atom. The number of pyridine rings is 2. The SMILES string of the molecule is C[C@H](NC(=O)c1cn(-c2c(F)cc(F)cc2F)c2nc(N3C[C@@H](O)[C@H](O)C3)c(F)cc2c1=O)C(F)(F)C(F)(F)F. The summed E-state index contributed by atoms with van der Waals surface area (Å²) in [5, 5.41) is 20.0. The third kappa shape index (κ3) is 4.94. The standard InChI is InChI=1S/C23H17F9N4O4/c1-8(22(28,29)23(30,31)32)33-21(40)11-5-36(17-12(25)2-9(24)3-13(17)26)19-10(18(11)39)4-14(27)20(34-19)35-6-15(37)16(38)7-35/h2-5,8,15-16,37-38H,6-7H2,1H3,(H,33,40)/t8-,15+,16+/m0/s1. The van der Waals surface area contributed by atoms with Crippen LogP contribution in [0.1, 0.15) is 17.3 Å². The van der Waals surface area contributed by atoms with Crippen molar-refractivity contribution < 1.29 is 54.5 Å². The van der Waals surface area contributed by atoms with Gasteiger partial charge in [0.2, 0.25) is 5.43 Å². The van der Waals surface area contributed by atoms with Gasteiger partial charge in [-0.25, -0.2) is 22.5 Å². The molecule has 1 saturated heterocycles. The average Bonchev–Trinajstić information content (AvgIpc) is 3.16. The summed E-state index contributed by atoms with van der Waals surface area (Å²) in [5.41, 5.74) is -4.61. The number of aromatic nitrogens is 2. The van der Waals surface area contributed by atoms with Crippen LogP contribution in [0.25, 0.3) is 16.7 Å². The first kappa shape index (κ1) is 29.1. The van der Waals surface area contributed by atoms with Crippen LogP contribution in [0.4, 0.5) is 45.3 Å². The molecule has 1 aliphatic rings. The van der Waals surface area contributed by atoms with Crippen LogP contribution >= 0.6 is 0 Å². The van der Waals surface area contributed by atoms with Crippen molar-refractivity contribution in [1.82, 2.24) is 14.9 Å². The minimum absolute atomic E-state index is 0.200. The van der Waals surface area contributed by atoms with Gasteiger partial charge >= 0.3 is 12.1 Å². The predicted molar refractivity (Wildman–Crippen MR) is 119 cm³/mol. The number of halogens is 9. The van der Waals surface area contributed by atoms with E-state index in [1.165, 1.54) is 5.32 Å². The molecule has 2 aromatic heterocycles. The fourth-order valence-electron chi connectivity index (χ4n) is 4.09. The Hall–Kier alpha value is -3.86. The summed E-state index contributed by atoms with van der Waals surface area (Å²) in [4.78, 5) is 30.6. The number of carbonyl (C=O) groups is 1. The number of hydrogen-bond acceptors (Lipinski definition) is 6. The molecule has 1 aliphatic heterocycles. The van der Waals surface area contributed by atoms with Crippen molar-refractivity contribution in [3.8, 4) is 5.69 Å². The predicted octanol–water partition coefficient (Wildman–Crippen LogP) is 2.80. The van der Waals surface area contributed by atoms with Gasteiger partial charge in [0, 0.05) is 31.4 Å². The third-order valence-electron chi connectivity index (χ3n) is 6.21. The van der Waals surface area contributed by atoms with E-state index >= 15 is 4.39 Å². The molecule has 0 spiro atoms. The number of amides is 1. The monoisotopic (exact) mass is 584 g/mol. The number of fused-ring (bicyclic) bond motifs is 1. The van der Waals surface area contributed by atoms with Crippen molar-refractivity contribution >= 4 is 22.8 Å². The van der Waals surface area contributed by atoms with Crippen LogP contribution in [0.15, 0.2) is 29.2 Å². The van der Waals surface area contributed by atoms with E-state index in [-0.39, 0.29) is 32.1 Å². The van der Waals surface area contributed by atoms with Crippen LogP contribution in [0, 0.1) is 23.3 Å². The molecular formula is C23H17F9N4O4. The highest BCUT2D eigenvalue weighted by molar-refractivity contribution is 5.97. The summed E-state index contributed by atoms with van der Waals surface area (Å²) in [6.07, 6.45) is -8.41. The van der Waals surface area contributed by atoms with Crippen molar-refractivity contribution in [2.24, 2.45) is 0 Å². The van der Waals surface area contributed by atoms with Gasteiger partial charge in [-0.1, -0.05) is 0 Å². The van der Waals surface area contributed by atoms with E-state index in [0.29, 0.717) is 16.8 Å². The molecule has 1 fully saturated rings. The van der Waals surface area contributed by atoms with Crippen molar-refractivity contribution in [2.75, 3.05) is 18.0 Å². The highest BCUT2D eigenvalue weighted by atomic mass is 19.4. The van der Waals surface area contributed by atoms with Crippen molar-refractivity contribution in [1.29, 1.82) is 0 Å². The molecule has 1 amide bonds. The number of alkyl halides is 5. The summed E-state index contributed by atoms with van der Waals surface area (Å²) in [5.74, 6) is -13.8. The molecule has 40 heavy (non-hydrogen) atoms. The number of β-amino-alcohol motifs (C(OH)–C–C–N with tert-alkyl or cyclic N) is 2. The molecule has 1 aromatic carbocycles. The number of aliphatic hydroxyl groups excluding tert-OH is 2. The lowest BCUT2D eigenvalue weighted by atomic mass is 10.1. The Kier molecular flexibility index (Phi) is 7.25. The number of aliphatic hydroxyl groups is 2. The molecule has 0 unspecified atom stereocenters. The number of rotatable bonds is 5. The van der Waals surface area contributed by atoms with E-state index in [4.69, 9.17) is 0 Å². The Labute approximate surface area is 217 Å². The molecule has 0 bridgehead atoms. The number of nitrogens with zero attached hydrogens (tertiary/aromatic N) is 3. The lowest BCUT2D eigenvalue weighted by molar-refractivity contribution is -0.290. The van der Waals surface area contributed by atoms with Crippen molar-refractivity contribution in [3.63, 3.8) is 0 Å². The topological polar surface area (TPSA) is 108 Å². The number of anilines is 1. The van der Waals surface area contributed by atoms with Crippen LogP contribution in [0.2, 0.25) is 0 Å². The number of hydrogen-bond donors (Lipinski definition) is 3. The van der Waals surface area contributed by atoms with Gasteiger partial charge in [0.25, 0.3) is 5.91 Å². The summed E-state index contributed by atoms with van der Waals surface area (Å²) in [7, 11) is 0. The van der Waals surface area contributed by atoms with Crippen LogP contribution in [-0.4, -0.2) is 69.1 Å². The summed E-state index contributed by atoms with van der Waals surface area (Å²) in [6, 6.07) is -2.07. The summed E-state index contributed by atoms with van der Waals surface area (Å²) >= 11 is 0. The van der Waals surface area contributed by atoms with Gasteiger partial charge in [-0.15, -0.1) is 0 Å². The first-order valence-electron chi connectivity index (χ1n) is 11.2. The van der Waals surface area contributed by atoms with E-state index in [9.17, 15) is 54.9 Å². The Bertz CT molecular complexity index is 1530. The molecule has 216 valence electrons. The molecule has 3 aromatic rings. The van der Waals surface area contributed by atoms with E-state index in [2.05, 4.69) is 4.98 Å². The van der Waals surface area contributed by atoms with Crippen LogP contribution in [-0.2, 0) is 0 Å². The quantitative estimate of drug-likeness (QED) is 0.399. The molecule has 4 rings (SSSR count). The minimum atomic E-state index is -6.09. The smallest absolute Gasteiger partial charge is 0.389 e. The molecular weight excluding hydrogens is 567 g/mol. The van der Waals surface area contributed by atoms with E-state index in [1.807, 2.05) is 0 Å². The maximum atomic E-state index is 15.0. The maximum absolute atomic E-state index is 15.0. The lowest BCUT2D eigenvalue weighted by Crippen LogP contribution is -2.54. The van der Waals surface area contributed by atoms with Crippen LogP contribution in [0.3, 0.4) is 0 Å². The second kappa shape index (κ2) is 9.96. The van der Waals surface area contributed by atoms with Crippen molar-refractivity contribution in [2.45, 2.75) is 37.3 Å². The molecule has 3 atom stereocenters. The van der Waals surface area contributed by atoms with Gasteiger partial charge in [0.15, 0.2) is 28.9 Å². The summed E-state index contributed by atoms with van der Waals surface area (Å²) < 4.78 is 124. The van der Waals surface area contributed by atoms with Crippen LogP contribution < -0.4 is 15.6 Å². The van der Waals surface area contributed by atoms with E-state index < -0.39 is 93.1 Å². The lowest BCUT2D eigenvalue weighted by Gasteiger charge is -2.26. The van der Waals surface area contributed by atoms with Gasteiger partial charge < -0.3 is 20.4 Å². The fraction of sp³-hybridized carbons (Fsp3) is 0.348. The molecule has 3 heterocycles. The average molecular weight is 584 g/mol. The maximum Gasteiger partial charge on any atom is 0.455 e. The van der Waals surface area contributed by atoms with Gasteiger partial charge in [-0.05, 0) is 13.0 Å². The second-order valence-electron chi connectivity index (χ2n) is 8.98. The van der Waals surface area contributed by atoms with Crippen molar-refractivity contribution in [3.05, 3.63) is 63.5 Å². The minimum Gasteiger partial charge on any atom is -0.389 e. The zero-order chi connectivity index (χ0) is 29.9. The Balaban J connectivity index is 1.95. The number of carbonyl (C=O) groups excluding carboxylic acids is 1. The first-order chi connectivity index (χ1) is 18.4. The van der Waals surface area contributed by atoms with Gasteiger partial charge in [0.05, 0.1) is 23.6 Å². The van der Waals surface area contributed by atoms with E-state index in [0.717, 1.165) is 4.90 Å². The second-order valence-corrected chi connectivity index (χ2v) is 8.98. The Morgan fingerprint density at radius 2 is 1.55 bits per heavy atom. The van der Waals surface area contributed by atoms with Gasteiger partial charge in [-0.2, -0.15) is 22.0 Å². The van der Waals surface area contributed by atoms with Gasteiger partial charge in [-0.3, -0.25) is 14.2 Å². The van der Waals surface area contributed by atoms with Crippen LogP contribution in [0.5, 0.6) is 0 Å². The highest BCUT2D eigenvalue weighted by Gasteiger charge is 2.61. The fourth-order valence-corrected chi connectivity index (χ4v) is 4.09.